The molecule has 0 amide bonds. The Hall–Kier alpha value is -4.63. The minimum atomic E-state index is 0.992. The van der Waals surface area contributed by atoms with E-state index in [1.165, 1.54) is 120 Å². The van der Waals surface area contributed by atoms with Crippen LogP contribution in [0.25, 0.3) is 71.9 Å². The van der Waals surface area contributed by atoms with Gasteiger partial charge in [0.1, 0.15) is 108 Å². The van der Waals surface area contributed by atoms with Gasteiger partial charge in [0.2, 0.25) is 0 Å². The van der Waals surface area contributed by atoms with Crippen LogP contribution in [-0.2, 0) is 0 Å². The summed E-state index contributed by atoms with van der Waals surface area (Å²) in [4.78, 5) is 5.55. The van der Waals surface area contributed by atoms with Crippen molar-refractivity contribution in [1.29, 1.82) is 0 Å². The molecule has 1 aromatic heterocycles. The molecule has 2 nitrogen and oxygen atoms in total. The molecule has 54 heavy (non-hydrogen) atoms. The molecule has 0 saturated carbocycles. The largest absolute Gasteiger partial charge is 0.292 e. The molecule has 8 aromatic rings. The van der Waals surface area contributed by atoms with Crippen molar-refractivity contribution in [3.05, 3.63) is 78.9 Å². The fourth-order valence-electron chi connectivity index (χ4n) is 9.41. The summed E-state index contributed by atoms with van der Waals surface area (Å²) < 4.78 is 2.39. The van der Waals surface area contributed by atoms with E-state index in [2.05, 4.69) is 185 Å². The van der Waals surface area contributed by atoms with Crippen LogP contribution < -0.4 is 71.0 Å². The van der Waals surface area contributed by atoms with Crippen molar-refractivity contribution in [2.45, 2.75) is 0 Å². The molecule has 0 aliphatic heterocycles. The SMILES string of the molecule is Bc1c(B)c(B)c(-c2ccc(-c3c4c(B)c(B)c(B)c(B)c4c(-c4nc5ccccc5n4-c4ccccc4)c4c(B)c(B)c(B)c(B)c34)cc2)c(B)c1B. The summed E-state index contributed by atoms with van der Waals surface area (Å²) in [6, 6.07) is 28.9. The maximum atomic E-state index is 5.55. The van der Waals surface area contributed by atoms with Crippen LogP contribution >= 0.6 is 0 Å². The van der Waals surface area contributed by atoms with E-state index in [0.717, 1.165) is 22.5 Å². The molecule has 244 valence electrons. The Bertz CT molecular complexity index is 2790. The summed E-state index contributed by atoms with van der Waals surface area (Å²) in [7, 11) is 29.9. The lowest BCUT2D eigenvalue weighted by molar-refractivity contribution is 1.11. The van der Waals surface area contributed by atoms with Crippen LogP contribution in [0.1, 0.15) is 0 Å². The van der Waals surface area contributed by atoms with Gasteiger partial charge >= 0.3 is 0 Å². The Morgan fingerprint density at radius 2 is 0.704 bits per heavy atom. The Morgan fingerprint density at radius 3 is 1.19 bits per heavy atom. The van der Waals surface area contributed by atoms with Crippen molar-refractivity contribution in [2.75, 3.05) is 0 Å². The molecule has 8 rings (SSSR count). The van der Waals surface area contributed by atoms with Gasteiger partial charge in [-0.1, -0.05) is 87.4 Å². The molecule has 15 heteroatoms. The molecule has 0 atom stereocenters. The van der Waals surface area contributed by atoms with Gasteiger partial charge in [-0.2, -0.15) is 0 Å². The minimum absolute atomic E-state index is 0.992. The first kappa shape index (κ1) is 36.4. The van der Waals surface area contributed by atoms with E-state index >= 15 is 0 Å². The molecule has 0 aliphatic carbocycles. The van der Waals surface area contributed by atoms with Crippen LogP contribution in [0.15, 0.2) is 78.9 Å². The van der Waals surface area contributed by atoms with Gasteiger partial charge in [0.05, 0.1) is 11.0 Å². The van der Waals surface area contributed by atoms with Gasteiger partial charge in [-0.3, -0.25) is 4.57 Å². The molecule has 7 aromatic carbocycles. The maximum Gasteiger partial charge on any atom is 0.146 e. The topological polar surface area (TPSA) is 17.8 Å². The number of para-hydroxylation sites is 3. The van der Waals surface area contributed by atoms with Gasteiger partial charge in [-0.05, 0) is 68.1 Å². The quantitative estimate of drug-likeness (QED) is 0.134. The first-order valence-corrected chi connectivity index (χ1v) is 19.4. The first-order chi connectivity index (χ1) is 25.8. The number of aromatic nitrogens is 2. The number of hydrogen-bond donors (Lipinski definition) is 0. The fourth-order valence-corrected chi connectivity index (χ4v) is 9.41. The third-order valence-corrected chi connectivity index (χ3v) is 13.6. The lowest BCUT2D eigenvalue weighted by atomic mass is 9.59. The van der Waals surface area contributed by atoms with Crippen molar-refractivity contribution < 1.29 is 0 Å². The van der Waals surface area contributed by atoms with E-state index in [-0.39, 0.29) is 0 Å². The third kappa shape index (κ3) is 5.17. The Labute approximate surface area is 331 Å². The van der Waals surface area contributed by atoms with Crippen molar-refractivity contribution in [3.63, 3.8) is 0 Å². The van der Waals surface area contributed by atoms with E-state index in [4.69, 9.17) is 4.98 Å². The molecule has 0 fully saturated rings. The molecule has 1 heterocycles. The predicted octanol–water partition coefficient (Wildman–Crippen LogP) is -12.3. The molecule has 0 N–H and O–H groups in total. The highest BCUT2D eigenvalue weighted by Crippen LogP contribution is 2.42. The number of fused-ring (bicyclic) bond motifs is 3. The van der Waals surface area contributed by atoms with Gasteiger partial charge in [0, 0.05) is 11.3 Å². The zero-order valence-electron chi connectivity index (χ0n) is 34.4. The van der Waals surface area contributed by atoms with E-state index in [9.17, 15) is 0 Å². The summed E-state index contributed by atoms with van der Waals surface area (Å²) >= 11 is 0. The predicted molar refractivity (Wildman–Crippen MR) is 279 cm³/mol. The summed E-state index contributed by atoms with van der Waals surface area (Å²) in [5.41, 5.74) is 27.3. The number of imidazole rings is 1. The highest BCUT2D eigenvalue weighted by atomic mass is 15.1. The zero-order valence-corrected chi connectivity index (χ0v) is 34.4. The number of nitrogens with zero attached hydrogens (tertiary/aromatic N) is 2. The second-order valence-electron chi connectivity index (χ2n) is 15.9. The second kappa shape index (κ2) is 13.3. The Balaban J connectivity index is 1.58. The van der Waals surface area contributed by atoms with Crippen LogP contribution in [0, 0.1) is 0 Å². The standard InChI is InChI=1S/C39H39B13N2/c40-26-20(27(41)33(47)38(52)32(26)46)15-12-10-14(11-13-15)19-21-23(30(44)36(50)34(48)28(21)42)25(24-22(19)29(43)35(49)37(51)31(24)45)39-53-17-8-4-5-9-18(17)54(39)16-6-2-1-3-7-16/h1-13H,40-52H2. The average molecular weight is 676 g/mol. The van der Waals surface area contributed by atoms with Gasteiger partial charge in [-0.15, -0.1) is 38.2 Å². The minimum Gasteiger partial charge on any atom is -0.292 e. The molecular formula is C39H39B13N2. The Kier molecular flexibility index (Phi) is 8.95. The van der Waals surface area contributed by atoms with E-state index < -0.39 is 0 Å². The average Bonchev–Trinajstić information content (AvgIpc) is 3.58. The van der Waals surface area contributed by atoms with Gasteiger partial charge < -0.3 is 0 Å². The van der Waals surface area contributed by atoms with Crippen molar-refractivity contribution in [2.24, 2.45) is 0 Å². The molecular weight excluding hydrogens is 637 g/mol. The molecule has 0 aliphatic rings. The summed E-state index contributed by atoms with van der Waals surface area (Å²) in [5, 5.41) is 5.27. The highest BCUT2D eigenvalue weighted by Gasteiger charge is 2.28. The molecule has 0 saturated heterocycles. The molecule has 0 spiro atoms. The van der Waals surface area contributed by atoms with E-state index in [1.807, 2.05) is 0 Å². The van der Waals surface area contributed by atoms with E-state index in [0.29, 0.717) is 0 Å². The number of benzene rings is 7. The second-order valence-corrected chi connectivity index (χ2v) is 15.9. The van der Waals surface area contributed by atoms with Gasteiger partial charge in [-0.25, -0.2) is 4.98 Å². The summed E-state index contributed by atoms with van der Waals surface area (Å²) in [6.07, 6.45) is 0. The highest BCUT2D eigenvalue weighted by molar-refractivity contribution is 6.72. The summed E-state index contributed by atoms with van der Waals surface area (Å²) in [6.45, 7) is 0. The number of hydrogen-bond acceptors (Lipinski definition) is 1. The molecule has 0 radical (unpaired) electrons. The third-order valence-electron chi connectivity index (χ3n) is 13.6. The van der Waals surface area contributed by atoms with Crippen LogP contribution in [0.4, 0.5) is 0 Å². The van der Waals surface area contributed by atoms with Crippen LogP contribution in [0.2, 0.25) is 0 Å². The van der Waals surface area contributed by atoms with Crippen molar-refractivity contribution in [1.82, 2.24) is 9.55 Å². The van der Waals surface area contributed by atoms with Gasteiger partial charge in [0.25, 0.3) is 0 Å². The number of rotatable bonds is 4. The maximum absolute atomic E-state index is 5.55. The first-order valence-electron chi connectivity index (χ1n) is 19.4. The van der Waals surface area contributed by atoms with Crippen molar-refractivity contribution in [3.8, 4) is 39.3 Å². The lowest BCUT2D eigenvalue weighted by Gasteiger charge is -2.28. The summed E-state index contributed by atoms with van der Waals surface area (Å²) in [5.74, 6) is 0.992. The van der Waals surface area contributed by atoms with Gasteiger partial charge in [0.15, 0.2) is 0 Å². The van der Waals surface area contributed by atoms with Crippen molar-refractivity contribution >= 4 is 206 Å². The van der Waals surface area contributed by atoms with Crippen LogP contribution in [0.3, 0.4) is 0 Å². The van der Waals surface area contributed by atoms with E-state index in [1.54, 1.807) is 0 Å². The lowest BCUT2D eigenvalue weighted by Crippen LogP contribution is -2.55. The van der Waals surface area contributed by atoms with Crippen LogP contribution in [-0.4, -0.2) is 112 Å². The smallest absolute Gasteiger partial charge is 0.146 e. The fraction of sp³-hybridized carbons (Fsp3) is 0. The Morgan fingerprint density at radius 1 is 0.333 bits per heavy atom. The van der Waals surface area contributed by atoms with Crippen LogP contribution in [0.5, 0.6) is 0 Å². The monoisotopic (exact) mass is 678 g/mol. The molecule has 0 unspecified atom stereocenters. The zero-order chi connectivity index (χ0) is 38.5. The molecule has 0 bridgehead atoms. The normalized spacial score (nSPS) is 11.6.